The highest BCUT2D eigenvalue weighted by Crippen LogP contribution is 2.32. The molecule has 0 spiro atoms. The molecule has 27 heavy (non-hydrogen) atoms. The largest absolute Gasteiger partial charge is 0.496 e. The predicted octanol–water partition coefficient (Wildman–Crippen LogP) is 5.01. The third kappa shape index (κ3) is 2.92. The van der Waals surface area contributed by atoms with Gasteiger partial charge in [0.1, 0.15) is 16.9 Å². The lowest BCUT2D eigenvalue weighted by molar-refractivity contribution is 0.411. The molecule has 4 aromatic rings. The maximum atomic E-state index is 12.9. The van der Waals surface area contributed by atoms with Crippen molar-refractivity contribution in [3.05, 3.63) is 65.7 Å². The summed E-state index contributed by atoms with van der Waals surface area (Å²) in [5.41, 5.74) is 3.32. The Morgan fingerprint density at radius 2 is 1.63 bits per heavy atom. The molecule has 0 saturated heterocycles. The monoisotopic (exact) mass is 381 g/mol. The van der Waals surface area contributed by atoms with Gasteiger partial charge in [-0.05, 0) is 55.3 Å². The summed E-state index contributed by atoms with van der Waals surface area (Å²) < 4.78 is 39.5. The van der Waals surface area contributed by atoms with Gasteiger partial charge in [-0.1, -0.05) is 18.2 Å². The van der Waals surface area contributed by atoms with Crippen LogP contribution in [0, 0.1) is 13.8 Å². The van der Waals surface area contributed by atoms with Crippen LogP contribution in [0.4, 0.5) is 5.69 Å². The van der Waals surface area contributed by atoms with Crippen LogP contribution >= 0.6 is 0 Å². The number of methoxy groups -OCH3 is 1. The van der Waals surface area contributed by atoms with Gasteiger partial charge in [0.15, 0.2) is 0 Å². The molecule has 4 rings (SSSR count). The summed E-state index contributed by atoms with van der Waals surface area (Å²) in [6.07, 6.45) is 0. The van der Waals surface area contributed by atoms with Crippen molar-refractivity contribution in [2.24, 2.45) is 0 Å². The van der Waals surface area contributed by atoms with Crippen LogP contribution in [0.3, 0.4) is 0 Å². The number of rotatable bonds is 4. The summed E-state index contributed by atoms with van der Waals surface area (Å²) >= 11 is 0. The van der Waals surface area contributed by atoms with Crippen molar-refractivity contribution in [1.29, 1.82) is 0 Å². The lowest BCUT2D eigenvalue weighted by atomic mass is 10.1. The van der Waals surface area contributed by atoms with Gasteiger partial charge in [0.05, 0.1) is 17.7 Å². The molecule has 5 nitrogen and oxygen atoms in total. The molecule has 6 heteroatoms. The number of benzene rings is 3. The van der Waals surface area contributed by atoms with E-state index in [1.807, 2.05) is 37.3 Å². The van der Waals surface area contributed by atoms with Gasteiger partial charge in [0.2, 0.25) is 0 Å². The summed E-state index contributed by atoms with van der Waals surface area (Å²) in [6, 6.07) is 16.3. The Balaban J connectivity index is 1.74. The number of sulfonamides is 1. The van der Waals surface area contributed by atoms with Crippen molar-refractivity contribution < 1.29 is 17.6 Å². The van der Waals surface area contributed by atoms with E-state index in [1.165, 1.54) is 0 Å². The number of ether oxygens (including phenoxy) is 1. The summed E-state index contributed by atoms with van der Waals surface area (Å²) in [7, 11) is -2.17. The van der Waals surface area contributed by atoms with E-state index in [2.05, 4.69) is 4.72 Å². The number of furan rings is 1. The van der Waals surface area contributed by atoms with Gasteiger partial charge >= 0.3 is 0 Å². The van der Waals surface area contributed by atoms with Crippen molar-refractivity contribution in [3.8, 4) is 5.75 Å². The van der Waals surface area contributed by atoms with E-state index in [9.17, 15) is 8.42 Å². The minimum Gasteiger partial charge on any atom is -0.496 e. The second-order valence-electron chi connectivity index (χ2n) is 6.43. The van der Waals surface area contributed by atoms with Gasteiger partial charge in [0.25, 0.3) is 10.0 Å². The van der Waals surface area contributed by atoms with Gasteiger partial charge in [0, 0.05) is 16.8 Å². The number of nitrogens with one attached hydrogen (secondary N) is 1. The highest BCUT2D eigenvalue weighted by atomic mass is 32.2. The van der Waals surface area contributed by atoms with Crippen LogP contribution in [0.2, 0.25) is 0 Å². The van der Waals surface area contributed by atoms with Gasteiger partial charge < -0.3 is 9.15 Å². The Labute approximate surface area is 157 Å². The fourth-order valence-electron chi connectivity index (χ4n) is 3.28. The second kappa shape index (κ2) is 6.32. The molecule has 0 aliphatic rings. The molecule has 0 aliphatic carbocycles. The molecule has 138 valence electrons. The van der Waals surface area contributed by atoms with Gasteiger partial charge in [-0.15, -0.1) is 0 Å². The van der Waals surface area contributed by atoms with Crippen LogP contribution in [0.5, 0.6) is 5.75 Å². The Bertz CT molecular complexity index is 1270. The molecule has 0 radical (unpaired) electrons. The zero-order chi connectivity index (χ0) is 19.2. The average Bonchev–Trinajstić information content (AvgIpc) is 3.01. The van der Waals surface area contributed by atoms with Crippen LogP contribution in [0.1, 0.15) is 11.1 Å². The number of para-hydroxylation sites is 1. The first kappa shape index (κ1) is 17.4. The molecule has 0 saturated carbocycles. The van der Waals surface area contributed by atoms with Crippen molar-refractivity contribution in [2.75, 3.05) is 11.8 Å². The van der Waals surface area contributed by atoms with Gasteiger partial charge in [-0.3, -0.25) is 4.72 Å². The highest BCUT2D eigenvalue weighted by Gasteiger charge is 2.20. The van der Waals surface area contributed by atoms with E-state index in [4.69, 9.17) is 9.15 Å². The fourth-order valence-corrected chi connectivity index (χ4v) is 4.63. The Morgan fingerprint density at radius 3 is 2.41 bits per heavy atom. The van der Waals surface area contributed by atoms with E-state index < -0.39 is 10.0 Å². The molecule has 0 fully saturated rings. The Morgan fingerprint density at radius 1 is 0.889 bits per heavy atom. The van der Waals surface area contributed by atoms with Gasteiger partial charge in [-0.2, -0.15) is 0 Å². The standard InChI is InChI=1S/C21H19NO4S/c1-13-14(2)21(11-10-18(13)25-3)27(23,24)22-15-8-9-17-16-6-4-5-7-19(16)26-20(17)12-15/h4-12,22H,1-3H3. The van der Waals surface area contributed by atoms with Crippen molar-refractivity contribution in [3.63, 3.8) is 0 Å². The number of fused-ring (bicyclic) bond motifs is 3. The zero-order valence-electron chi connectivity index (χ0n) is 15.2. The van der Waals surface area contributed by atoms with Crippen LogP contribution in [0.15, 0.2) is 63.9 Å². The molecule has 1 heterocycles. The molecular formula is C21H19NO4S. The van der Waals surface area contributed by atoms with E-state index in [1.54, 1.807) is 38.3 Å². The van der Waals surface area contributed by atoms with Crippen LogP contribution in [-0.4, -0.2) is 15.5 Å². The molecule has 3 aromatic carbocycles. The summed E-state index contributed by atoms with van der Waals surface area (Å²) in [6.45, 7) is 3.61. The Kier molecular flexibility index (Phi) is 4.08. The molecule has 1 aromatic heterocycles. The maximum absolute atomic E-state index is 12.9. The van der Waals surface area contributed by atoms with Crippen molar-refractivity contribution in [2.45, 2.75) is 18.7 Å². The first-order chi connectivity index (χ1) is 12.9. The van der Waals surface area contributed by atoms with E-state index in [0.29, 0.717) is 22.6 Å². The van der Waals surface area contributed by atoms with E-state index in [-0.39, 0.29) is 4.90 Å². The average molecular weight is 381 g/mol. The van der Waals surface area contributed by atoms with E-state index >= 15 is 0 Å². The van der Waals surface area contributed by atoms with Crippen LogP contribution < -0.4 is 9.46 Å². The first-order valence-corrected chi connectivity index (χ1v) is 9.97. The molecule has 0 amide bonds. The summed E-state index contributed by atoms with van der Waals surface area (Å²) in [5.74, 6) is 0.662. The van der Waals surface area contributed by atoms with Crippen LogP contribution in [0.25, 0.3) is 21.9 Å². The molecule has 0 aliphatic heterocycles. The SMILES string of the molecule is COc1ccc(S(=O)(=O)Nc2ccc3c(c2)oc2ccccc23)c(C)c1C. The second-order valence-corrected chi connectivity index (χ2v) is 8.08. The topological polar surface area (TPSA) is 68.5 Å². The molecule has 0 unspecified atom stereocenters. The zero-order valence-corrected chi connectivity index (χ0v) is 16.1. The number of hydrogen-bond donors (Lipinski definition) is 1. The third-order valence-corrected chi connectivity index (χ3v) is 6.35. The Hall–Kier alpha value is -2.99. The van der Waals surface area contributed by atoms with Crippen molar-refractivity contribution >= 4 is 37.6 Å². The summed E-state index contributed by atoms with van der Waals surface area (Å²) in [5, 5.41) is 1.95. The van der Waals surface area contributed by atoms with Crippen LogP contribution in [-0.2, 0) is 10.0 Å². The highest BCUT2D eigenvalue weighted by molar-refractivity contribution is 7.92. The lowest BCUT2D eigenvalue weighted by Gasteiger charge is -2.14. The molecule has 0 bridgehead atoms. The lowest BCUT2D eigenvalue weighted by Crippen LogP contribution is -2.15. The molecule has 1 N–H and O–H groups in total. The predicted molar refractivity (Wildman–Crippen MR) is 107 cm³/mol. The molecular weight excluding hydrogens is 362 g/mol. The first-order valence-electron chi connectivity index (χ1n) is 8.49. The minimum absolute atomic E-state index is 0.227. The van der Waals surface area contributed by atoms with Gasteiger partial charge in [-0.25, -0.2) is 8.42 Å². The van der Waals surface area contributed by atoms with Crippen molar-refractivity contribution in [1.82, 2.24) is 0 Å². The third-order valence-electron chi connectivity index (χ3n) is 4.83. The smallest absolute Gasteiger partial charge is 0.262 e. The number of anilines is 1. The normalized spacial score (nSPS) is 11.8. The number of hydrogen-bond acceptors (Lipinski definition) is 4. The fraction of sp³-hybridized carbons (Fsp3) is 0.143. The molecule has 0 atom stereocenters. The maximum Gasteiger partial charge on any atom is 0.262 e. The summed E-state index contributed by atoms with van der Waals surface area (Å²) in [4.78, 5) is 0.227. The minimum atomic E-state index is -3.74. The quantitative estimate of drug-likeness (QED) is 0.539. The van der Waals surface area contributed by atoms with E-state index in [0.717, 1.165) is 21.9 Å².